The molecule has 0 fully saturated rings. The summed E-state index contributed by atoms with van der Waals surface area (Å²) in [6.45, 7) is 6.88. The van der Waals surface area contributed by atoms with Crippen molar-refractivity contribution < 1.29 is 9.47 Å². The molecule has 1 heterocycles. The first kappa shape index (κ1) is 20.5. The van der Waals surface area contributed by atoms with Crippen molar-refractivity contribution in [3.05, 3.63) is 102 Å². The Balaban J connectivity index is 1.50. The second-order valence-corrected chi connectivity index (χ2v) is 7.26. The van der Waals surface area contributed by atoms with Gasteiger partial charge in [-0.1, -0.05) is 18.2 Å². The van der Waals surface area contributed by atoms with E-state index in [2.05, 4.69) is 41.6 Å². The highest BCUT2D eigenvalue weighted by molar-refractivity contribution is 5.84. The maximum atomic E-state index is 5.84. The van der Waals surface area contributed by atoms with E-state index in [0.29, 0.717) is 6.61 Å². The highest BCUT2D eigenvalue weighted by Crippen LogP contribution is 2.25. The van der Waals surface area contributed by atoms with Crippen LogP contribution < -0.4 is 9.47 Å². The van der Waals surface area contributed by atoms with Gasteiger partial charge in [-0.15, -0.1) is 0 Å². The van der Waals surface area contributed by atoms with Crippen LogP contribution in [0.15, 0.2) is 89.9 Å². The summed E-state index contributed by atoms with van der Waals surface area (Å²) in [7, 11) is 0. The van der Waals surface area contributed by atoms with Crippen LogP contribution in [0.3, 0.4) is 0 Å². The zero-order valence-corrected chi connectivity index (χ0v) is 18.1. The fourth-order valence-electron chi connectivity index (χ4n) is 3.54. The van der Waals surface area contributed by atoms with Gasteiger partial charge in [-0.2, -0.15) is 0 Å². The van der Waals surface area contributed by atoms with E-state index in [-0.39, 0.29) is 0 Å². The van der Waals surface area contributed by atoms with Crippen LogP contribution in [0.4, 0.5) is 5.69 Å². The summed E-state index contributed by atoms with van der Waals surface area (Å²) in [5, 5.41) is 0. The number of hydrogen-bond acceptors (Lipinski definition) is 3. The third kappa shape index (κ3) is 4.86. The molecule has 0 saturated heterocycles. The molecule has 4 rings (SSSR count). The Morgan fingerprint density at radius 3 is 2.13 bits per heavy atom. The summed E-state index contributed by atoms with van der Waals surface area (Å²) in [4.78, 5) is 4.66. The molecule has 0 radical (unpaired) electrons. The number of nitrogens with zero attached hydrogens (tertiary/aromatic N) is 2. The molecule has 0 N–H and O–H groups in total. The SMILES string of the molecule is CCOc1ccc(-n2c(C)cc(C=Nc3ccc(Oc4ccccc4)cc3)c2C)cc1. The number of aryl methyl sites for hydroxylation is 1. The van der Waals surface area contributed by atoms with Crippen LogP contribution in [0.5, 0.6) is 17.2 Å². The zero-order chi connectivity index (χ0) is 21.6. The molecule has 0 saturated carbocycles. The summed E-state index contributed by atoms with van der Waals surface area (Å²) < 4.78 is 13.6. The molecule has 4 nitrogen and oxygen atoms in total. The molecule has 156 valence electrons. The Hall–Kier alpha value is -3.79. The van der Waals surface area contributed by atoms with Gasteiger partial charge in [-0.25, -0.2) is 0 Å². The molecule has 4 aromatic rings. The predicted octanol–water partition coefficient (Wildman–Crippen LogP) is 7.04. The van der Waals surface area contributed by atoms with Crippen LogP contribution in [0.25, 0.3) is 5.69 Å². The Kier molecular flexibility index (Phi) is 6.18. The number of aromatic nitrogens is 1. The highest BCUT2D eigenvalue weighted by Gasteiger charge is 2.09. The van der Waals surface area contributed by atoms with Gasteiger partial charge in [-0.3, -0.25) is 4.99 Å². The highest BCUT2D eigenvalue weighted by atomic mass is 16.5. The molecule has 0 spiro atoms. The molecule has 0 amide bonds. The lowest BCUT2D eigenvalue weighted by atomic mass is 10.2. The smallest absolute Gasteiger partial charge is 0.127 e. The summed E-state index contributed by atoms with van der Waals surface area (Å²) in [6, 6.07) is 27.9. The monoisotopic (exact) mass is 410 g/mol. The van der Waals surface area contributed by atoms with Crippen molar-refractivity contribution in [2.45, 2.75) is 20.8 Å². The van der Waals surface area contributed by atoms with Gasteiger partial charge in [0.2, 0.25) is 0 Å². The molecular formula is C27H26N2O2. The maximum Gasteiger partial charge on any atom is 0.127 e. The Labute approximate surface area is 183 Å². The lowest BCUT2D eigenvalue weighted by Crippen LogP contribution is -2.00. The third-order valence-corrected chi connectivity index (χ3v) is 5.04. The van der Waals surface area contributed by atoms with Crippen molar-refractivity contribution >= 4 is 11.9 Å². The Morgan fingerprint density at radius 1 is 0.806 bits per heavy atom. The largest absolute Gasteiger partial charge is 0.494 e. The van der Waals surface area contributed by atoms with E-state index in [1.165, 1.54) is 0 Å². The average molecular weight is 411 g/mol. The standard InChI is InChI=1S/C27H26N2O2/c1-4-30-25-16-12-24(13-17-25)29-20(2)18-22(21(29)3)19-28-23-10-14-27(15-11-23)31-26-8-6-5-7-9-26/h5-19H,4H2,1-3H3. The lowest BCUT2D eigenvalue weighted by Gasteiger charge is -2.11. The summed E-state index contributed by atoms with van der Waals surface area (Å²) >= 11 is 0. The topological polar surface area (TPSA) is 35.8 Å². The fraction of sp³-hybridized carbons (Fsp3) is 0.148. The summed E-state index contributed by atoms with van der Waals surface area (Å²) in [5.41, 5.74) is 5.40. The number of para-hydroxylation sites is 1. The first-order chi connectivity index (χ1) is 15.1. The molecule has 0 aliphatic carbocycles. The molecule has 31 heavy (non-hydrogen) atoms. The third-order valence-electron chi connectivity index (χ3n) is 5.04. The van der Waals surface area contributed by atoms with Crippen molar-refractivity contribution in [1.82, 2.24) is 4.57 Å². The first-order valence-electron chi connectivity index (χ1n) is 10.4. The van der Waals surface area contributed by atoms with E-state index < -0.39 is 0 Å². The second kappa shape index (κ2) is 9.35. The van der Waals surface area contributed by atoms with Gasteiger partial charge >= 0.3 is 0 Å². The van der Waals surface area contributed by atoms with Crippen molar-refractivity contribution in [2.75, 3.05) is 6.61 Å². The van der Waals surface area contributed by atoms with E-state index in [1.54, 1.807) is 0 Å². The molecular weight excluding hydrogens is 384 g/mol. The lowest BCUT2D eigenvalue weighted by molar-refractivity contribution is 0.340. The quantitative estimate of drug-likeness (QED) is 0.306. The molecule has 1 aromatic heterocycles. The van der Waals surface area contributed by atoms with Crippen molar-refractivity contribution in [1.29, 1.82) is 0 Å². The number of benzene rings is 3. The number of ether oxygens (including phenoxy) is 2. The summed E-state index contributed by atoms with van der Waals surface area (Å²) in [5.74, 6) is 2.49. The van der Waals surface area contributed by atoms with Crippen molar-refractivity contribution in [3.8, 4) is 22.9 Å². The fourth-order valence-corrected chi connectivity index (χ4v) is 3.54. The molecule has 0 unspecified atom stereocenters. The minimum Gasteiger partial charge on any atom is -0.494 e. The van der Waals surface area contributed by atoms with E-state index in [4.69, 9.17) is 9.47 Å². The predicted molar refractivity (Wildman–Crippen MR) is 127 cm³/mol. The first-order valence-corrected chi connectivity index (χ1v) is 10.4. The van der Waals surface area contributed by atoms with Crippen LogP contribution >= 0.6 is 0 Å². The Morgan fingerprint density at radius 2 is 1.45 bits per heavy atom. The summed E-state index contributed by atoms with van der Waals surface area (Å²) in [6.07, 6.45) is 1.92. The Bertz CT molecular complexity index is 1160. The van der Waals surface area contributed by atoms with Gasteiger partial charge in [0.15, 0.2) is 0 Å². The molecule has 0 aliphatic rings. The van der Waals surface area contributed by atoms with Gasteiger partial charge in [0, 0.05) is 28.9 Å². The van der Waals surface area contributed by atoms with Crippen LogP contribution in [-0.2, 0) is 0 Å². The van der Waals surface area contributed by atoms with Gasteiger partial charge in [-0.05, 0) is 87.5 Å². The molecule has 4 heteroatoms. The van der Waals surface area contributed by atoms with E-state index in [9.17, 15) is 0 Å². The molecule has 0 bridgehead atoms. The van der Waals surface area contributed by atoms with Crippen LogP contribution in [0.1, 0.15) is 23.9 Å². The van der Waals surface area contributed by atoms with E-state index in [0.717, 1.165) is 45.6 Å². The number of rotatable bonds is 7. The van der Waals surface area contributed by atoms with Crippen LogP contribution in [-0.4, -0.2) is 17.4 Å². The number of aliphatic imine (C=N–C) groups is 1. The maximum absolute atomic E-state index is 5.84. The van der Waals surface area contributed by atoms with Gasteiger partial charge in [0.1, 0.15) is 17.2 Å². The normalized spacial score (nSPS) is 11.1. The van der Waals surface area contributed by atoms with E-state index >= 15 is 0 Å². The molecule has 0 aliphatic heterocycles. The van der Waals surface area contributed by atoms with Crippen molar-refractivity contribution in [2.24, 2.45) is 4.99 Å². The van der Waals surface area contributed by atoms with Gasteiger partial charge in [0.25, 0.3) is 0 Å². The van der Waals surface area contributed by atoms with Gasteiger partial charge < -0.3 is 14.0 Å². The minimum absolute atomic E-state index is 0.668. The molecule has 0 atom stereocenters. The molecule has 3 aromatic carbocycles. The average Bonchev–Trinajstić information content (AvgIpc) is 3.08. The van der Waals surface area contributed by atoms with E-state index in [1.807, 2.05) is 79.9 Å². The van der Waals surface area contributed by atoms with Gasteiger partial charge in [0.05, 0.1) is 12.3 Å². The second-order valence-electron chi connectivity index (χ2n) is 7.26. The van der Waals surface area contributed by atoms with Crippen LogP contribution in [0, 0.1) is 13.8 Å². The van der Waals surface area contributed by atoms with Crippen molar-refractivity contribution in [3.63, 3.8) is 0 Å². The number of hydrogen-bond donors (Lipinski definition) is 0. The van der Waals surface area contributed by atoms with Crippen LogP contribution in [0.2, 0.25) is 0 Å². The zero-order valence-electron chi connectivity index (χ0n) is 18.1. The minimum atomic E-state index is 0.668.